The second-order valence-electron chi connectivity index (χ2n) is 7.82. The molecule has 10 heteroatoms. The van der Waals surface area contributed by atoms with E-state index < -0.39 is 9.84 Å². The Morgan fingerprint density at radius 1 is 1.26 bits per heavy atom. The molecule has 2 heterocycles. The SMILES string of the molecule is CN(C)C(=O)CN=C(NCC1CCS(=O)(=O)C1)N1CCN(C2CC2)C(=O)C1. The number of carbonyl (C=O) groups excluding carboxylic acids is 2. The first-order chi connectivity index (χ1) is 12.7. The van der Waals surface area contributed by atoms with Crippen LogP contribution in [0.25, 0.3) is 0 Å². The molecule has 2 aliphatic heterocycles. The monoisotopic (exact) mass is 399 g/mol. The van der Waals surface area contributed by atoms with Crippen molar-refractivity contribution in [3.05, 3.63) is 0 Å². The maximum Gasteiger partial charge on any atom is 0.243 e. The molecule has 2 amide bonds. The van der Waals surface area contributed by atoms with Crippen LogP contribution in [0.1, 0.15) is 19.3 Å². The van der Waals surface area contributed by atoms with Gasteiger partial charge in [-0.15, -0.1) is 0 Å². The van der Waals surface area contributed by atoms with Gasteiger partial charge in [0.2, 0.25) is 11.8 Å². The third kappa shape index (κ3) is 5.33. The lowest BCUT2D eigenvalue weighted by molar-refractivity contribution is -0.135. The molecule has 0 bridgehead atoms. The molecule has 2 saturated heterocycles. The number of rotatable bonds is 5. The number of hydrogen-bond donors (Lipinski definition) is 1. The molecular formula is C17H29N5O4S. The molecule has 3 aliphatic rings. The molecule has 0 radical (unpaired) electrons. The van der Waals surface area contributed by atoms with Crippen LogP contribution in [0.4, 0.5) is 0 Å². The number of nitrogens with zero attached hydrogens (tertiary/aromatic N) is 4. The summed E-state index contributed by atoms with van der Waals surface area (Å²) in [6.45, 7) is 2.03. The highest BCUT2D eigenvalue weighted by Crippen LogP contribution is 2.28. The van der Waals surface area contributed by atoms with E-state index in [0.29, 0.717) is 38.1 Å². The largest absolute Gasteiger partial charge is 0.356 e. The van der Waals surface area contributed by atoms with Crippen molar-refractivity contribution in [3.8, 4) is 0 Å². The van der Waals surface area contributed by atoms with Crippen molar-refractivity contribution >= 4 is 27.6 Å². The Morgan fingerprint density at radius 2 is 2.00 bits per heavy atom. The van der Waals surface area contributed by atoms with Crippen molar-refractivity contribution in [3.63, 3.8) is 0 Å². The molecule has 1 N–H and O–H groups in total. The zero-order chi connectivity index (χ0) is 19.6. The molecule has 0 aromatic rings. The van der Waals surface area contributed by atoms with Gasteiger partial charge < -0.3 is 20.0 Å². The third-order valence-corrected chi connectivity index (χ3v) is 7.12. The Kier molecular flexibility index (Phi) is 5.92. The van der Waals surface area contributed by atoms with Gasteiger partial charge in [-0.25, -0.2) is 13.4 Å². The number of amides is 2. The first-order valence-corrected chi connectivity index (χ1v) is 11.3. The fraction of sp³-hybridized carbons (Fsp3) is 0.824. The summed E-state index contributed by atoms with van der Waals surface area (Å²) in [5, 5.41) is 3.21. The average Bonchev–Trinajstić information content (AvgIpc) is 3.38. The lowest BCUT2D eigenvalue weighted by Crippen LogP contribution is -2.56. The number of piperazine rings is 1. The number of sulfone groups is 1. The van der Waals surface area contributed by atoms with E-state index in [1.54, 1.807) is 14.1 Å². The molecular weight excluding hydrogens is 370 g/mol. The second kappa shape index (κ2) is 8.04. The van der Waals surface area contributed by atoms with Crippen LogP contribution in [-0.4, -0.2) is 105 Å². The zero-order valence-corrected chi connectivity index (χ0v) is 16.9. The minimum Gasteiger partial charge on any atom is -0.356 e. The lowest BCUT2D eigenvalue weighted by atomic mass is 10.1. The van der Waals surface area contributed by atoms with Crippen molar-refractivity contribution in [2.24, 2.45) is 10.9 Å². The molecule has 1 unspecified atom stereocenters. The Hall–Kier alpha value is -1.84. The van der Waals surface area contributed by atoms with Gasteiger partial charge >= 0.3 is 0 Å². The van der Waals surface area contributed by atoms with Gasteiger partial charge in [0.05, 0.1) is 18.1 Å². The lowest BCUT2D eigenvalue weighted by Gasteiger charge is -2.36. The smallest absolute Gasteiger partial charge is 0.243 e. The molecule has 0 aromatic heterocycles. The van der Waals surface area contributed by atoms with Gasteiger partial charge in [0.1, 0.15) is 6.54 Å². The van der Waals surface area contributed by atoms with Gasteiger partial charge in [-0.1, -0.05) is 0 Å². The molecule has 27 heavy (non-hydrogen) atoms. The minimum atomic E-state index is -2.94. The normalized spacial score (nSPS) is 25.6. The van der Waals surface area contributed by atoms with Crippen LogP contribution < -0.4 is 5.32 Å². The summed E-state index contributed by atoms with van der Waals surface area (Å²) >= 11 is 0. The zero-order valence-electron chi connectivity index (χ0n) is 16.1. The highest BCUT2D eigenvalue weighted by atomic mass is 32.2. The van der Waals surface area contributed by atoms with E-state index in [9.17, 15) is 18.0 Å². The fourth-order valence-corrected chi connectivity index (χ4v) is 5.32. The maximum atomic E-state index is 12.4. The highest BCUT2D eigenvalue weighted by molar-refractivity contribution is 7.91. The van der Waals surface area contributed by atoms with Gasteiger partial charge in [0.15, 0.2) is 15.8 Å². The summed E-state index contributed by atoms with van der Waals surface area (Å²) in [5.41, 5.74) is 0. The van der Waals surface area contributed by atoms with Crippen LogP contribution in [0.15, 0.2) is 4.99 Å². The topological polar surface area (TPSA) is 102 Å². The van der Waals surface area contributed by atoms with Crippen molar-refractivity contribution in [2.75, 3.05) is 58.3 Å². The highest BCUT2D eigenvalue weighted by Gasteiger charge is 2.36. The third-order valence-electron chi connectivity index (χ3n) is 5.28. The number of guanidine groups is 1. The Balaban J connectivity index is 1.63. The van der Waals surface area contributed by atoms with Crippen LogP contribution in [0.5, 0.6) is 0 Å². The molecule has 0 aromatic carbocycles. The second-order valence-corrected chi connectivity index (χ2v) is 10.0. The summed E-state index contributed by atoms with van der Waals surface area (Å²) in [6, 6.07) is 0.395. The van der Waals surface area contributed by atoms with Crippen molar-refractivity contribution in [1.82, 2.24) is 20.0 Å². The predicted octanol–water partition coefficient (Wildman–Crippen LogP) is -1.24. The number of carbonyl (C=O) groups is 2. The number of hydrogen-bond acceptors (Lipinski definition) is 5. The maximum absolute atomic E-state index is 12.4. The van der Waals surface area contributed by atoms with Gasteiger partial charge in [0, 0.05) is 39.8 Å². The molecule has 3 rings (SSSR count). The average molecular weight is 400 g/mol. The molecule has 1 atom stereocenters. The molecule has 3 fully saturated rings. The number of likely N-dealkylation sites (N-methyl/N-ethyl adjacent to an activating group) is 1. The van der Waals surface area contributed by atoms with Gasteiger partial charge in [0.25, 0.3) is 0 Å². The molecule has 1 saturated carbocycles. The van der Waals surface area contributed by atoms with Gasteiger partial charge in [-0.05, 0) is 25.2 Å². The number of nitrogens with one attached hydrogen (secondary N) is 1. The van der Waals surface area contributed by atoms with Crippen LogP contribution in [-0.2, 0) is 19.4 Å². The first-order valence-electron chi connectivity index (χ1n) is 9.48. The molecule has 0 spiro atoms. The van der Waals surface area contributed by atoms with E-state index in [2.05, 4.69) is 10.3 Å². The first kappa shape index (κ1) is 19.9. The number of aliphatic imine (C=N–C) groups is 1. The minimum absolute atomic E-state index is 0.00463. The van der Waals surface area contributed by atoms with E-state index in [4.69, 9.17) is 0 Å². The van der Waals surface area contributed by atoms with E-state index in [-0.39, 0.29) is 42.3 Å². The quantitative estimate of drug-likeness (QED) is 0.458. The van der Waals surface area contributed by atoms with Crippen LogP contribution in [0, 0.1) is 5.92 Å². The Bertz CT molecular complexity index is 717. The summed E-state index contributed by atoms with van der Waals surface area (Å²) in [5.74, 6) is 0.912. The summed E-state index contributed by atoms with van der Waals surface area (Å²) in [4.78, 5) is 34.0. The molecule has 9 nitrogen and oxygen atoms in total. The van der Waals surface area contributed by atoms with E-state index >= 15 is 0 Å². The van der Waals surface area contributed by atoms with E-state index in [0.717, 1.165) is 12.8 Å². The van der Waals surface area contributed by atoms with Crippen LogP contribution in [0.3, 0.4) is 0 Å². The molecule has 1 aliphatic carbocycles. The fourth-order valence-electron chi connectivity index (χ4n) is 3.46. The predicted molar refractivity (Wildman–Crippen MR) is 102 cm³/mol. The standard InChI is InChI=1S/C17H29N5O4S/c1-20(2)15(23)10-19-17(18-9-13-5-8-27(25,26)12-13)21-6-7-22(14-3-4-14)16(24)11-21/h13-14H,3-12H2,1-2H3,(H,18,19). The Labute approximate surface area is 160 Å². The van der Waals surface area contributed by atoms with Crippen LogP contribution in [0.2, 0.25) is 0 Å². The van der Waals surface area contributed by atoms with Crippen LogP contribution >= 0.6 is 0 Å². The summed E-state index contributed by atoms with van der Waals surface area (Å²) in [7, 11) is 0.407. The van der Waals surface area contributed by atoms with Gasteiger partial charge in [-0.2, -0.15) is 0 Å². The van der Waals surface area contributed by atoms with Crippen molar-refractivity contribution < 1.29 is 18.0 Å². The van der Waals surface area contributed by atoms with Crippen molar-refractivity contribution in [1.29, 1.82) is 0 Å². The van der Waals surface area contributed by atoms with E-state index in [1.165, 1.54) is 4.90 Å². The Morgan fingerprint density at radius 3 is 2.56 bits per heavy atom. The summed E-state index contributed by atoms with van der Waals surface area (Å²) < 4.78 is 23.3. The van der Waals surface area contributed by atoms with Gasteiger partial charge in [-0.3, -0.25) is 9.59 Å². The molecule has 152 valence electrons. The van der Waals surface area contributed by atoms with E-state index in [1.807, 2.05) is 9.80 Å². The van der Waals surface area contributed by atoms with Crippen molar-refractivity contribution in [2.45, 2.75) is 25.3 Å². The summed E-state index contributed by atoms with van der Waals surface area (Å²) in [6.07, 6.45) is 2.80.